The van der Waals surface area contributed by atoms with Crippen LogP contribution in [-0.4, -0.2) is 38.9 Å². The minimum Gasteiger partial charge on any atom is -0.282 e. The Morgan fingerprint density at radius 3 is 2.38 bits per heavy atom. The fourth-order valence-corrected chi connectivity index (χ4v) is 5.37. The Bertz CT molecular complexity index is 1110. The topological polar surface area (TPSA) is 91.8 Å². The van der Waals surface area contributed by atoms with Crippen molar-refractivity contribution < 1.29 is 21.6 Å². The molecule has 0 radical (unpaired) electrons. The molecule has 4 rings (SSSR count). The summed E-state index contributed by atoms with van der Waals surface area (Å²) in [5, 5.41) is 6.92. The van der Waals surface area contributed by atoms with Crippen LogP contribution in [0.5, 0.6) is 0 Å². The van der Waals surface area contributed by atoms with Gasteiger partial charge in [-0.2, -0.15) is 22.6 Å². The van der Waals surface area contributed by atoms with Crippen LogP contribution in [0.25, 0.3) is 0 Å². The number of hydrogen-bond acceptors (Lipinski definition) is 5. The maximum absolute atomic E-state index is 13.4. The summed E-state index contributed by atoms with van der Waals surface area (Å²) in [4.78, 5) is 7.75. The number of fused-ring (bicyclic) bond motifs is 1. The number of hydrogen-bond donors (Lipinski definition) is 1. The average Bonchev–Trinajstić information content (AvgIpc) is 3.15. The molecule has 29 heavy (non-hydrogen) atoms. The smallest absolute Gasteiger partial charge is 0.282 e. The van der Waals surface area contributed by atoms with Crippen LogP contribution in [0.2, 0.25) is 0 Å². The summed E-state index contributed by atoms with van der Waals surface area (Å²) in [5.74, 6) is 0. The second kappa shape index (κ2) is 6.92. The second-order valence-electron chi connectivity index (χ2n) is 6.79. The highest BCUT2D eigenvalue weighted by atomic mass is 32.2. The number of rotatable bonds is 3. The van der Waals surface area contributed by atoms with Gasteiger partial charge in [0.15, 0.2) is 0 Å². The molecule has 0 aliphatic carbocycles. The molecule has 0 fully saturated rings. The minimum atomic E-state index is -4.55. The highest BCUT2D eigenvalue weighted by Gasteiger charge is 2.43. The molecule has 2 atom stereocenters. The summed E-state index contributed by atoms with van der Waals surface area (Å²) in [6.45, 7) is 1.74. The van der Waals surface area contributed by atoms with Crippen molar-refractivity contribution in [2.45, 2.75) is 36.5 Å². The fourth-order valence-electron chi connectivity index (χ4n) is 3.59. The van der Waals surface area contributed by atoms with Crippen LogP contribution in [0.3, 0.4) is 0 Å². The van der Waals surface area contributed by atoms with Crippen LogP contribution in [0.15, 0.2) is 54.1 Å². The first kappa shape index (κ1) is 19.5. The summed E-state index contributed by atoms with van der Waals surface area (Å²) >= 11 is 0. The van der Waals surface area contributed by atoms with Crippen molar-refractivity contribution in [3.05, 3.63) is 71.6 Å². The van der Waals surface area contributed by atoms with Crippen molar-refractivity contribution in [1.29, 1.82) is 0 Å². The lowest BCUT2D eigenvalue weighted by Crippen LogP contribution is -2.46. The predicted octanol–water partition coefficient (Wildman–Crippen LogP) is 2.94. The Hall–Kier alpha value is -2.79. The summed E-state index contributed by atoms with van der Waals surface area (Å²) in [5.41, 5.74) is 1.09. The van der Waals surface area contributed by atoms with Crippen LogP contribution in [0, 0.1) is 0 Å². The van der Waals surface area contributed by atoms with Crippen LogP contribution < -0.4 is 0 Å². The van der Waals surface area contributed by atoms with Crippen molar-refractivity contribution >= 4 is 10.0 Å². The van der Waals surface area contributed by atoms with Crippen molar-refractivity contribution in [3.63, 3.8) is 0 Å². The Morgan fingerprint density at radius 2 is 1.76 bits per heavy atom. The van der Waals surface area contributed by atoms with Crippen LogP contribution >= 0.6 is 0 Å². The molecule has 0 spiro atoms. The third kappa shape index (κ3) is 3.40. The van der Waals surface area contributed by atoms with Gasteiger partial charge >= 0.3 is 6.18 Å². The molecule has 2 unspecified atom stereocenters. The fraction of sp³-hybridized carbons (Fsp3) is 0.278. The van der Waals surface area contributed by atoms with Gasteiger partial charge in [-0.15, -0.1) is 0 Å². The van der Waals surface area contributed by atoms with E-state index in [4.69, 9.17) is 0 Å². The van der Waals surface area contributed by atoms with Gasteiger partial charge in [0, 0.05) is 41.7 Å². The first-order chi connectivity index (χ1) is 13.7. The molecule has 7 nitrogen and oxygen atoms in total. The molecule has 1 aromatic carbocycles. The molecule has 0 saturated heterocycles. The Morgan fingerprint density at radius 1 is 1.10 bits per heavy atom. The lowest BCUT2D eigenvalue weighted by molar-refractivity contribution is -0.137. The SMILES string of the molecule is CC1Cc2[nH]ncc2C(c2cncnc2)N1S(=O)(=O)c1ccc(C(F)(F)F)cc1. The van der Waals surface area contributed by atoms with E-state index in [1.54, 1.807) is 13.1 Å². The molecule has 3 heterocycles. The molecule has 0 amide bonds. The van der Waals surface area contributed by atoms with Gasteiger partial charge < -0.3 is 0 Å². The molecule has 3 aromatic rings. The molecule has 1 aliphatic heterocycles. The van der Waals surface area contributed by atoms with E-state index in [-0.39, 0.29) is 4.90 Å². The number of benzene rings is 1. The van der Waals surface area contributed by atoms with E-state index in [0.717, 1.165) is 30.0 Å². The standard InChI is InChI=1S/C18H16F3N5O2S/c1-11-6-16-15(9-24-25-16)17(12-7-22-10-23-8-12)26(11)29(27,28)14-4-2-13(3-5-14)18(19,20)21/h2-5,7-11,17H,6H2,1H3,(H,24,25). The highest BCUT2D eigenvalue weighted by molar-refractivity contribution is 7.89. The van der Waals surface area contributed by atoms with Gasteiger partial charge in [-0.05, 0) is 31.2 Å². The van der Waals surface area contributed by atoms with E-state index >= 15 is 0 Å². The van der Waals surface area contributed by atoms with E-state index < -0.39 is 33.8 Å². The molecule has 152 valence electrons. The number of alkyl halides is 3. The molecule has 1 N–H and O–H groups in total. The van der Waals surface area contributed by atoms with Crippen LogP contribution in [-0.2, 0) is 22.6 Å². The number of aromatic amines is 1. The zero-order valence-electron chi connectivity index (χ0n) is 15.1. The molecule has 0 saturated carbocycles. The maximum Gasteiger partial charge on any atom is 0.416 e. The predicted molar refractivity (Wildman–Crippen MR) is 96.1 cm³/mol. The zero-order valence-corrected chi connectivity index (χ0v) is 15.9. The normalized spacial score (nSPS) is 20.4. The number of nitrogens with one attached hydrogen (secondary N) is 1. The van der Waals surface area contributed by atoms with Gasteiger partial charge in [0.1, 0.15) is 6.33 Å². The van der Waals surface area contributed by atoms with Gasteiger partial charge in [0.2, 0.25) is 10.0 Å². The zero-order chi connectivity index (χ0) is 20.8. The molecule has 2 aromatic heterocycles. The first-order valence-corrected chi connectivity index (χ1v) is 10.1. The first-order valence-electron chi connectivity index (χ1n) is 8.67. The van der Waals surface area contributed by atoms with E-state index in [9.17, 15) is 21.6 Å². The number of halogens is 3. The van der Waals surface area contributed by atoms with Crippen LogP contribution in [0.4, 0.5) is 13.2 Å². The quantitative estimate of drug-likeness (QED) is 0.699. The largest absolute Gasteiger partial charge is 0.416 e. The molecule has 11 heteroatoms. The summed E-state index contributed by atoms with van der Waals surface area (Å²) in [6, 6.07) is 2.28. The van der Waals surface area contributed by atoms with E-state index in [1.165, 1.54) is 23.0 Å². The molecule has 1 aliphatic rings. The van der Waals surface area contributed by atoms with Gasteiger partial charge in [-0.25, -0.2) is 18.4 Å². The molecular formula is C18H16F3N5O2S. The van der Waals surface area contributed by atoms with Gasteiger partial charge in [0.05, 0.1) is 22.7 Å². The lowest BCUT2D eigenvalue weighted by atomic mass is 9.93. The lowest BCUT2D eigenvalue weighted by Gasteiger charge is -2.39. The van der Waals surface area contributed by atoms with Crippen molar-refractivity contribution in [2.75, 3.05) is 0 Å². The van der Waals surface area contributed by atoms with Gasteiger partial charge in [-0.1, -0.05) is 0 Å². The summed E-state index contributed by atoms with van der Waals surface area (Å²) in [7, 11) is -4.12. The molecule has 0 bridgehead atoms. The van der Waals surface area contributed by atoms with E-state index in [0.29, 0.717) is 17.5 Å². The van der Waals surface area contributed by atoms with Gasteiger partial charge in [0.25, 0.3) is 0 Å². The Kier molecular flexibility index (Phi) is 4.66. The highest BCUT2D eigenvalue weighted by Crippen LogP contribution is 2.40. The van der Waals surface area contributed by atoms with Crippen molar-refractivity contribution in [2.24, 2.45) is 0 Å². The van der Waals surface area contributed by atoms with Crippen molar-refractivity contribution in [3.8, 4) is 0 Å². The second-order valence-corrected chi connectivity index (χ2v) is 8.63. The summed E-state index contributed by atoms with van der Waals surface area (Å²) in [6.07, 6.45) is 1.76. The monoisotopic (exact) mass is 423 g/mol. The number of sulfonamides is 1. The summed E-state index contributed by atoms with van der Waals surface area (Å²) < 4.78 is 66.8. The van der Waals surface area contributed by atoms with Gasteiger partial charge in [-0.3, -0.25) is 5.10 Å². The van der Waals surface area contributed by atoms with Crippen molar-refractivity contribution in [1.82, 2.24) is 24.5 Å². The Labute approximate surface area is 164 Å². The van der Waals surface area contributed by atoms with E-state index in [1.807, 2.05) is 0 Å². The maximum atomic E-state index is 13.4. The number of aromatic nitrogens is 4. The number of nitrogens with zero attached hydrogens (tertiary/aromatic N) is 4. The van der Waals surface area contributed by atoms with E-state index in [2.05, 4.69) is 20.2 Å². The number of H-pyrrole nitrogens is 1. The molecular weight excluding hydrogens is 407 g/mol. The third-order valence-electron chi connectivity index (χ3n) is 4.89. The average molecular weight is 423 g/mol. The Balaban J connectivity index is 1.82. The third-order valence-corrected chi connectivity index (χ3v) is 6.88. The van der Waals surface area contributed by atoms with Crippen LogP contribution in [0.1, 0.15) is 35.3 Å². The minimum absolute atomic E-state index is 0.217.